The lowest BCUT2D eigenvalue weighted by Gasteiger charge is -2.36. The van der Waals surface area contributed by atoms with Crippen LogP contribution in [0.25, 0.3) is 0 Å². The first kappa shape index (κ1) is 16.5. The number of thioether (sulfide) groups is 2. The van der Waals surface area contributed by atoms with Crippen LogP contribution in [0.4, 0.5) is 0 Å². The lowest BCUT2D eigenvalue weighted by atomic mass is 10.00. The summed E-state index contributed by atoms with van der Waals surface area (Å²) in [5, 5.41) is 6.03. The Bertz CT molecular complexity index is 396. The minimum Gasteiger partial charge on any atom is -0.313 e. The molecule has 0 saturated carbocycles. The predicted molar refractivity (Wildman–Crippen MR) is 95.4 cm³/mol. The number of rotatable bonds is 6. The monoisotopic (exact) mass is 329 g/mol. The first-order chi connectivity index (χ1) is 9.74. The zero-order chi connectivity index (χ0) is 14.4. The molecule has 1 nitrogen and oxygen atoms in total. The van der Waals surface area contributed by atoms with E-state index in [4.69, 9.17) is 11.6 Å². The van der Waals surface area contributed by atoms with E-state index in [1.807, 2.05) is 12.1 Å². The fraction of sp³-hybridized carbons (Fsp3) is 0.625. The lowest BCUT2D eigenvalue weighted by molar-refractivity contribution is 0.490. The molecule has 1 saturated heterocycles. The van der Waals surface area contributed by atoms with E-state index < -0.39 is 0 Å². The highest BCUT2D eigenvalue weighted by Gasteiger charge is 2.31. The van der Waals surface area contributed by atoms with E-state index in [1.165, 1.54) is 23.5 Å². The Balaban J connectivity index is 2.06. The van der Waals surface area contributed by atoms with Crippen molar-refractivity contribution in [2.24, 2.45) is 0 Å². The molecule has 112 valence electrons. The third kappa shape index (κ3) is 4.59. The summed E-state index contributed by atoms with van der Waals surface area (Å²) in [5.41, 5.74) is 1.38. The Morgan fingerprint density at radius 2 is 1.90 bits per heavy atom. The summed E-state index contributed by atoms with van der Waals surface area (Å²) < 4.78 is 0. The Labute approximate surface area is 136 Å². The third-order valence-corrected chi connectivity index (χ3v) is 7.39. The second kappa shape index (κ2) is 8.57. The molecule has 0 bridgehead atoms. The Hall–Kier alpha value is 0.170. The van der Waals surface area contributed by atoms with Gasteiger partial charge in [0.05, 0.1) is 0 Å². The zero-order valence-electron chi connectivity index (χ0n) is 12.3. The van der Waals surface area contributed by atoms with Crippen LogP contribution in [0, 0.1) is 0 Å². The largest absolute Gasteiger partial charge is 0.313 e. The minimum absolute atomic E-state index is 0.559. The van der Waals surface area contributed by atoms with Crippen LogP contribution in [-0.4, -0.2) is 34.6 Å². The van der Waals surface area contributed by atoms with Gasteiger partial charge in [0, 0.05) is 33.1 Å². The first-order valence-electron chi connectivity index (χ1n) is 7.45. The average molecular weight is 330 g/mol. The van der Waals surface area contributed by atoms with Crippen LogP contribution in [0.5, 0.6) is 0 Å². The maximum Gasteiger partial charge on any atom is 0.0406 e. The highest BCUT2D eigenvalue weighted by Crippen LogP contribution is 2.36. The SMILES string of the molecule is CCNC(Cc1ccc(Cl)cc1)C1SCCSC1CC. The van der Waals surface area contributed by atoms with E-state index in [2.05, 4.69) is 54.8 Å². The highest BCUT2D eigenvalue weighted by molar-refractivity contribution is 8.07. The van der Waals surface area contributed by atoms with Gasteiger partial charge in [-0.05, 0) is 37.1 Å². The van der Waals surface area contributed by atoms with Gasteiger partial charge in [0.15, 0.2) is 0 Å². The Kier molecular flexibility index (Phi) is 7.09. The summed E-state index contributed by atoms with van der Waals surface area (Å²) in [4.78, 5) is 0. The van der Waals surface area contributed by atoms with E-state index in [-0.39, 0.29) is 0 Å². The second-order valence-electron chi connectivity index (χ2n) is 5.15. The molecule has 0 spiro atoms. The van der Waals surface area contributed by atoms with Gasteiger partial charge >= 0.3 is 0 Å². The lowest BCUT2D eigenvalue weighted by Crippen LogP contribution is -2.46. The predicted octanol–water partition coefficient (Wildman–Crippen LogP) is 4.49. The van der Waals surface area contributed by atoms with Crippen molar-refractivity contribution >= 4 is 35.1 Å². The summed E-state index contributed by atoms with van der Waals surface area (Å²) in [6, 6.07) is 8.88. The van der Waals surface area contributed by atoms with Gasteiger partial charge in [-0.1, -0.05) is 37.6 Å². The molecular formula is C16H24ClNS2. The van der Waals surface area contributed by atoms with Crippen LogP contribution in [0.3, 0.4) is 0 Å². The molecule has 20 heavy (non-hydrogen) atoms. The molecule has 1 aliphatic rings. The van der Waals surface area contributed by atoms with Crippen molar-refractivity contribution in [1.29, 1.82) is 0 Å². The highest BCUT2D eigenvalue weighted by atomic mass is 35.5. The molecule has 1 aliphatic heterocycles. The number of hydrogen-bond acceptors (Lipinski definition) is 3. The minimum atomic E-state index is 0.559. The van der Waals surface area contributed by atoms with Gasteiger partial charge < -0.3 is 5.32 Å². The van der Waals surface area contributed by atoms with Gasteiger partial charge in [-0.25, -0.2) is 0 Å². The van der Waals surface area contributed by atoms with E-state index in [0.29, 0.717) is 6.04 Å². The number of nitrogens with one attached hydrogen (secondary N) is 1. The molecule has 0 radical (unpaired) electrons. The number of benzene rings is 1. The van der Waals surface area contributed by atoms with Crippen LogP contribution in [0.2, 0.25) is 5.02 Å². The van der Waals surface area contributed by atoms with E-state index in [0.717, 1.165) is 28.5 Å². The number of hydrogen-bond donors (Lipinski definition) is 1. The first-order valence-corrected chi connectivity index (χ1v) is 9.93. The number of halogens is 1. The molecule has 1 aromatic carbocycles. The molecular weight excluding hydrogens is 306 g/mol. The second-order valence-corrected chi connectivity index (χ2v) is 8.22. The Morgan fingerprint density at radius 1 is 1.20 bits per heavy atom. The quantitative estimate of drug-likeness (QED) is 0.826. The molecule has 0 aromatic heterocycles. The molecule has 1 N–H and O–H groups in total. The fourth-order valence-electron chi connectivity index (χ4n) is 2.75. The standard InChI is InChI=1S/C16H24ClNS2/c1-3-15-16(20-10-9-19-15)14(18-4-2)11-12-5-7-13(17)8-6-12/h5-8,14-16,18H,3-4,9-11H2,1-2H3. The summed E-state index contributed by atoms with van der Waals surface area (Å²) in [6.07, 6.45) is 2.37. The summed E-state index contributed by atoms with van der Waals surface area (Å²) in [7, 11) is 0. The van der Waals surface area contributed by atoms with Crippen LogP contribution >= 0.6 is 35.1 Å². The summed E-state index contributed by atoms with van der Waals surface area (Å²) in [6.45, 7) is 5.56. The third-order valence-electron chi connectivity index (χ3n) is 3.73. The van der Waals surface area contributed by atoms with Gasteiger partial charge in [-0.2, -0.15) is 23.5 Å². The zero-order valence-corrected chi connectivity index (χ0v) is 14.7. The van der Waals surface area contributed by atoms with Gasteiger partial charge in [0.1, 0.15) is 0 Å². The normalized spacial score (nSPS) is 24.6. The van der Waals surface area contributed by atoms with Crippen molar-refractivity contribution in [3.63, 3.8) is 0 Å². The molecule has 1 heterocycles. The van der Waals surface area contributed by atoms with Crippen molar-refractivity contribution in [3.8, 4) is 0 Å². The van der Waals surface area contributed by atoms with E-state index >= 15 is 0 Å². The van der Waals surface area contributed by atoms with E-state index in [1.54, 1.807) is 0 Å². The van der Waals surface area contributed by atoms with Crippen LogP contribution in [0.1, 0.15) is 25.8 Å². The van der Waals surface area contributed by atoms with Crippen molar-refractivity contribution in [2.45, 2.75) is 43.2 Å². The summed E-state index contributed by atoms with van der Waals surface area (Å²) in [5.74, 6) is 2.59. The molecule has 4 heteroatoms. The topological polar surface area (TPSA) is 12.0 Å². The van der Waals surface area contributed by atoms with Gasteiger partial charge in [0.2, 0.25) is 0 Å². The van der Waals surface area contributed by atoms with Crippen molar-refractivity contribution in [1.82, 2.24) is 5.32 Å². The van der Waals surface area contributed by atoms with Crippen molar-refractivity contribution in [3.05, 3.63) is 34.9 Å². The van der Waals surface area contributed by atoms with Crippen LogP contribution < -0.4 is 5.32 Å². The van der Waals surface area contributed by atoms with Crippen molar-refractivity contribution < 1.29 is 0 Å². The maximum absolute atomic E-state index is 5.98. The molecule has 1 aromatic rings. The fourth-order valence-corrected chi connectivity index (χ4v) is 6.14. The smallest absolute Gasteiger partial charge is 0.0406 e. The average Bonchev–Trinajstić information content (AvgIpc) is 2.49. The molecule has 3 unspecified atom stereocenters. The molecule has 0 aliphatic carbocycles. The Morgan fingerprint density at radius 3 is 2.55 bits per heavy atom. The molecule has 2 rings (SSSR count). The summed E-state index contributed by atoms with van der Waals surface area (Å²) >= 11 is 10.3. The maximum atomic E-state index is 5.98. The van der Waals surface area contributed by atoms with Gasteiger partial charge in [0.25, 0.3) is 0 Å². The molecule has 1 fully saturated rings. The van der Waals surface area contributed by atoms with Crippen molar-refractivity contribution in [2.75, 3.05) is 18.1 Å². The van der Waals surface area contributed by atoms with Gasteiger partial charge in [-0.15, -0.1) is 0 Å². The molecule has 3 atom stereocenters. The number of likely N-dealkylation sites (N-methyl/N-ethyl adjacent to an activating group) is 1. The molecule has 0 amide bonds. The van der Waals surface area contributed by atoms with Crippen LogP contribution in [0.15, 0.2) is 24.3 Å². The van der Waals surface area contributed by atoms with E-state index in [9.17, 15) is 0 Å². The van der Waals surface area contributed by atoms with Gasteiger partial charge in [-0.3, -0.25) is 0 Å². The van der Waals surface area contributed by atoms with Crippen LogP contribution in [-0.2, 0) is 6.42 Å².